The molecule has 10 nitrogen and oxygen atoms in total. The molecule has 0 spiro atoms. The molecule has 2 aliphatic rings. The fourth-order valence-corrected chi connectivity index (χ4v) is 5.87. The van der Waals surface area contributed by atoms with E-state index in [1.165, 1.54) is 23.9 Å². The van der Waals surface area contributed by atoms with Crippen molar-refractivity contribution in [1.29, 1.82) is 10.5 Å². The Balaban J connectivity index is 1.76. The zero-order valence-electron chi connectivity index (χ0n) is 18.6. The number of carbonyl (C=O) groups excluding carboxylic acids is 1. The Bertz CT molecular complexity index is 1370. The molecule has 0 fully saturated rings. The Morgan fingerprint density at radius 3 is 2.86 bits per heavy atom. The Morgan fingerprint density at radius 2 is 2.20 bits per heavy atom. The molecule has 12 heteroatoms. The van der Waals surface area contributed by atoms with E-state index in [2.05, 4.69) is 11.1 Å². The highest BCUT2D eigenvalue weighted by atomic mass is 32.2. The van der Waals surface area contributed by atoms with Gasteiger partial charge in [-0.05, 0) is 43.9 Å². The summed E-state index contributed by atoms with van der Waals surface area (Å²) in [7, 11) is 0. The summed E-state index contributed by atoms with van der Waals surface area (Å²) >= 11 is 2.06. The zero-order chi connectivity index (χ0) is 25.1. The minimum absolute atomic E-state index is 0.0353. The molecule has 3 heterocycles. The molecule has 1 aliphatic carbocycles. The lowest BCUT2D eigenvalue weighted by atomic mass is 9.87. The van der Waals surface area contributed by atoms with Gasteiger partial charge in [-0.15, -0.1) is 0 Å². The molecule has 0 saturated heterocycles. The van der Waals surface area contributed by atoms with Gasteiger partial charge < -0.3 is 15.2 Å². The van der Waals surface area contributed by atoms with Crippen LogP contribution in [0.2, 0.25) is 0 Å². The maximum absolute atomic E-state index is 13.0. The summed E-state index contributed by atoms with van der Waals surface area (Å²) in [5.41, 5.74) is 8.50. The van der Waals surface area contributed by atoms with Crippen LogP contribution in [0.3, 0.4) is 0 Å². The largest absolute Gasteiger partial charge is 0.463 e. The van der Waals surface area contributed by atoms with Gasteiger partial charge in [0.2, 0.25) is 5.88 Å². The van der Waals surface area contributed by atoms with Crippen LogP contribution in [-0.2, 0) is 27.1 Å². The number of thioether (sulfide) groups is 1. The number of aryl methyl sites for hydroxylation is 2. The van der Waals surface area contributed by atoms with Gasteiger partial charge >= 0.3 is 11.0 Å². The molecule has 0 radical (unpaired) electrons. The Kier molecular flexibility index (Phi) is 7.05. The topological polar surface area (TPSA) is 165 Å². The first kappa shape index (κ1) is 24.3. The number of nitriles is 2. The van der Waals surface area contributed by atoms with Crippen molar-refractivity contribution in [3.8, 4) is 12.1 Å². The van der Waals surface area contributed by atoms with E-state index in [1.54, 1.807) is 6.92 Å². The number of hydrogen-bond donors (Lipinski definition) is 1. The third-order valence-electron chi connectivity index (χ3n) is 5.55. The lowest BCUT2D eigenvalue weighted by molar-refractivity contribution is -0.380. The second-order valence-corrected chi connectivity index (χ2v) is 9.67. The molecule has 0 bridgehead atoms. The van der Waals surface area contributed by atoms with Crippen molar-refractivity contribution in [1.82, 2.24) is 4.98 Å². The molecule has 0 aromatic carbocycles. The number of allylic oxidation sites excluding steroid dienone is 1. The zero-order valence-corrected chi connectivity index (χ0v) is 20.2. The molecule has 1 atom stereocenters. The van der Waals surface area contributed by atoms with Crippen molar-refractivity contribution in [2.45, 2.75) is 37.1 Å². The van der Waals surface area contributed by atoms with E-state index in [0.717, 1.165) is 41.9 Å². The van der Waals surface area contributed by atoms with Gasteiger partial charge in [0, 0.05) is 16.6 Å². The predicted molar refractivity (Wildman–Crippen MR) is 127 cm³/mol. The van der Waals surface area contributed by atoms with Crippen LogP contribution in [0.15, 0.2) is 46.0 Å². The molecule has 35 heavy (non-hydrogen) atoms. The number of esters is 1. The Morgan fingerprint density at radius 1 is 1.40 bits per heavy atom. The van der Waals surface area contributed by atoms with Crippen LogP contribution < -0.4 is 5.73 Å². The van der Waals surface area contributed by atoms with Crippen molar-refractivity contribution < 1.29 is 19.2 Å². The summed E-state index contributed by atoms with van der Waals surface area (Å²) in [6.07, 6.45) is 2.70. The molecular weight excluding hydrogens is 490 g/mol. The van der Waals surface area contributed by atoms with Crippen LogP contribution in [0.5, 0.6) is 0 Å². The highest BCUT2D eigenvalue weighted by Gasteiger charge is 2.39. The molecule has 0 saturated carbocycles. The number of carbonyl (C=O) groups is 1. The summed E-state index contributed by atoms with van der Waals surface area (Å²) in [5.74, 6) is -1.66. The molecule has 2 aromatic rings. The average Bonchev–Trinajstić information content (AvgIpc) is 3.51. The monoisotopic (exact) mass is 509 g/mol. The smallest absolute Gasteiger partial charge is 0.338 e. The van der Waals surface area contributed by atoms with Crippen LogP contribution in [0, 0.1) is 32.8 Å². The van der Waals surface area contributed by atoms with Crippen molar-refractivity contribution in [3.63, 3.8) is 0 Å². The predicted octanol–water partition coefficient (Wildman–Crippen LogP) is 3.83. The Labute approximate surface area is 208 Å². The van der Waals surface area contributed by atoms with E-state index in [1.807, 2.05) is 12.1 Å². The molecule has 1 aliphatic heterocycles. The van der Waals surface area contributed by atoms with Gasteiger partial charge in [0.15, 0.2) is 0 Å². The lowest BCUT2D eigenvalue weighted by Gasteiger charge is -2.27. The molecule has 0 unspecified atom stereocenters. The molecule has 2 aromatic heterocycles. The summed E-state index contributed by atoms with van der Waals surface area (Å²) in [5, 5.41) is 31.0. The second kappa shape index (κ2) is 10.2. The molecule has 2 N–H and O–H groups in total. The number of nitrogens with zero attached hydrogens (tertiary/aromatic N) is 4. The summed E-state index contributed by atoms with van der Waals surface area (Å²) in [6.45, 7) is 1.72. The van der Waals surface area contributed by atoms with Crippen LogP contribution in [-0.4, -0.2) is 28.2 Å². The average molecular weight is 510 g/mol. The third kappa shape index (κ3) is 4.71. The van der Waals surface area contributed by atoms with Crippen LogP contribution >= 0.6 is 23.1 Å². The van der Waals surface area contributed by atoms with Gasteiger partial charge in [0.1, 0.15) is 28.5 Å². The minimum Gasteiger partial charge on any atom is -0.463 e. The minimum atomic E-state index is -0.981. The highest BCUT2D eigenvalue weighted by molar-refractivity contribution is 7.99. The first-order valence-corrected chi connectivity index (χ1v) is 12.5. The lowest BCUT2D eigenvalue weighted by Crippen LogP contribution is -2.26. The number of ether oxygens (including phenoxy) is 2. The maximum atomic E-state index is 13.0. The third-order valence-corrected chi connectivity index (χ3v) is 7.64. The van der Waals surface area contributed by atoms with Crippen molar-refractivity contribution in [2.24, 2.45) is 5.73 Å². The number of rotatable bonds is 7. The summed E-state index contributed by atoms with van der Waals surface area (Å²) in [4.78, 5) is 28.8. The number of fused-ring (bicyclic) bond motifs is 1. The van der Waals surface area contributed by atoms with Crippen LogP contribution in [0.4, 0.5) is 5.00 Å². The van der Waals surface area contributed by atoms with Gasteiger partial charge in [-0.25, -0.2) is 9.78 Å². The maximum Gasteiger partial charge on any atom is 0.338 e. The quantitative estimate of drug-likeness (QED) is 0.251. The number of nitrogens with two attached hydrogens (primary N) is 1. The van der Waals surface area contributed by atoms with E-state index in [0.29, 0.717) is 15.5 Å². The standard InChI is InChI=1S/C23H19N5O5S2/c1-2-32-23(29)20-16(11-34-22-13(9-24)8-12-4-3-5-15(12)27-22)33-21(26)14(10-25)19(20)17-6-7-18(35-17)28(30)31/h6-8,19H,2-5,11,26H2,1H3/t19-/m0/s1. The fourth-order valence-electron chi connectivity index (χ4n) is 4.01. The fraction of sp³-hybridized carbons (Fsp3) is 0.304. The number of hydrogen-bond acceptors (Lipinski definition) is 11. The highest BCUT2D eigenvalue weighted by Crippen LogP contribution is 2.44. The number of nitro groups is 1. The summed E-state index contributed by atoms with van der Waals surface area (Å²) < 4.78 is 11.0. The molecular formula is C23H19N5O5S2. The number of pyridine rings is 1. The van der Waals surface area contributed by atoms with Crippen molar-refractivity contribution in [2.75, 3.05) is 12.4 Å². The van der Waals surface area contributed by atoms with Crippen molar-refractivity contribution in [3.05, 3.63) is 72.8 Å². The normalized spacial score (nSPS) is 16.8. The van der Waals surface area contributed by atoms with Crippen molar-refractivity contribution >= 4 is 34.1 Å². The van der Waals surface area contributed by atoms with E-state index in [9.17, 15) is 25.4 Å². The first-order valence-electron chi connectivity index (χ1n) is 10.6. The van der Waals surface area contributed by atoms with E-state index < -0.39 is 16.8 Å². The first-order chi connectivity index (χ1) is 16.9. The van der Waals surface area contributed by atoms with E-state index >= 15 is 0 Å². The van der Waals surface area contributed by atoms with Gasteiger partial charge in [-0.1, -0.05) is 23.1 Å². The Hall–Kier alpha value is -3.87. The molecule has 0 amide bonds. The molecule has 4 rings (SSSR count). The SMILES string of the molecule is CCOC(=O)C1=C(CSc2nc3c(cc2C#N)CCC3)OC(N)=C(C#N)[C@H]1c1ccc([N+](=O)[O-])s1. The van der Waals surface area contributed by atoms with Gasteiger partial charge in [0.05, 0.1) is 34.3 Å². The number of aromatic nitrogens is 1. The van der Waals surface area contributed by atoms with Crippen LogP contribution in [0.1, 0.15) is 41.0 Å². The van der Waals surface area contributed by atoms with E-state index in [-0.39, 0.29) is 40.1 Å². The van der Waals surface area contributed by atoms with Gasteiger partial charge in [-0.3, -0.25) is 10.1 Å². The number of thiophene rings is 1. The summed E-state index contributed by atoms with van der Waals surface area (Å²) in [6, 6.07) is 8.78. The van der Waals surface area contributed by atoms with E-state index in [4.69, 9.17) is 15.2 Å². The second-order valence-electron chi connectivity index (χ2n) is 7.62. The van der Waals surface area contributed by atoms with Gasteiger partial charge in [0.25, 0.3) is 0 Å². The van der Waals surface area contributed by atoms with Crippen LogP contribution in [0.25, 0.3) is 0 Å². The molecule has 178 valence electrons. The van der Waals surface area contributed by atoms with Gasteiger partial charge in [-0.2, -0.15) is 10.5 Å².